The second-order valence-corrected chi connectivity index (χ2v) is 7.19. The number of hydrogen-bond donors (Lipinski definition) is 1. The molecule has 3 atom stereocenters. The normalized spacial score (nSPS) is 14.0. The fourth-order valence-corrected chi connectivity index (χ4v) is 4.22. The molecule has 23 heavy (non-hydrogen) atoms. The Kier molecular flexibility index (Phi) is 5.23. The Balaban J connectivity index is 2.01. The summed E-state index contributed by atoms with van der Waals surface area (Å²) in [6.07, 6.45) is 0. The highest BCUT2D eigenvalue weighted by Crippen LogP contribution is 2.29. The fourth-order valence-electron chi connectivity index (χ4n) is 2.99. The van der Waals surface area contributed by atoms with E-state index in [0.717, 1.165) is 0 Å². The van der Waals surface area contributed by atoms with Gasteiger partial charge in [0.2, 0.25) is 0 Å². The van der Waals surface area contributed by atoms with Gasteiger partial charge < -0.3 is 5.73 Å². The second-order valence-electron chi connectivity index (χ2n) is 5.83. The average molecular weight is 319 g/mol. The van der Waals surface area contributed by atoms with Crippen molar-refractivity contribution in [3.63, 3.8) is 0 Å². The molecule has 0 heterocycles. The number of hydrogen-bond acceptors (Lipinski definition) is 1. The SMILES string of the molecule is C[C@H](N)[C@@H](c1ccccc1)c1ccccc1Pc1ccccc1. The van der Waals surface area contributed by atoms with Crippen LogP contribution >= 0.6 is 8.58 Å². The minimum atomic E-state index is 0.0686. The van der Waals surface area contributed by atoms with Crippen LogP contribution in [0.15, 0.2) is 84.9 Å². The van der Waals surface area contributed by atoms with E-state index in [2.05, 4.69) is 91.9 Å². The highest BCUT2D eigenvalue weighted by atomic mass is 31.1. The summed E-state index contributed by atoms with van der Waals surface area (Å²) in [5, 5.41) is 2.74. The average Bonchev–Trinajstić information content (AvgIpc) is 2.58. The largest absolute Gasteiger partial charge is 0.327 e. The molecule has 0 amide bonds. The van der Waals surface area contributed by atoms with E-state index >= 15 is 0 Å². The van der Waals surface area contributed by atoms with E-state index < -0.39 is 0 Å². The van der Waals surface area contributed by atoms with E-state index in [9.17, 15) is 0 Å². The molecule has 0 spiro atoms. The van der Waals surface area contributed by atoms with E-state index in [4.69, 9.17) is 5.73 Å². The van der Waals surface area contributed by atoms with E-state index in [1.54, 1.807) is 0 Å². The third kappa shape index (κ3) is 3.88. The molecule has 3 rings (SSSR count). The molecule has 0 radical (unpaired) electrons. The third-order valence-corrected chi connectivity index (χ3v) is 5.38. The van der Waals surface area contributed by atoms with E-state index in [1.165, 1.54) is 21.7 Å². The lowest BCUT2D eigenvalue weighted by atomic mass is 9.86. The monoisotopic (exact) mass is 319 g/mol. The van der Waals surface area contributed by atoms with Gasteiger partial charge in [-0.05, 0) is 28.7 Å². The molecule has 0 aromatic heterocycles. The Morgan fingerprint density at radius 2 is 1.30 bits per heavy atom. The topological polar surface area (TPSA) is 26.0 Å². The molecule has 3 aromatic carbocycles. The molecular formula is C21H22NP. The van der Waals surface area contributed by atoms with E-state index in [0.29, 0.717) is 8.58 Å². The molecule has 0 aliphatic rings. The first-order valence-corrected chi connectivity index (χ1v) is 8.97. The van der Waals surface area contributed by atoms with Gasteiger partial charge in [-0.15, -0.1) is 0 Å². The molecule has 116 valence electrons. The van der Waals surface area contributed by atoms with Crippen molar-refractivity contribution in [2.75, 3.05) is 0 Å². The first kappa shape index (κ1) is 15.9. The van der Waals surface area contributed by atoms with Crippen molar-refractivity contribution in [1.29, 1.82) is 0 Å². The van der Waals surface area contributed by atoms with Crippen molar-refractivity contribution in [1.82, 2.24) is 0 Å². The first-order valence-electron chi connectivity index (χ1n) is 7.97. The Morgan fingerprint density at radius 3 is 1.96 bits per heavy atom. The second kappa shape index (κ2) is 7.55. The summed E-state index contributed by atoms with van der Waals surface area (Å²) < 4.78 is 0. The summed E-state index contributed by atoms with van der Waals surface area (Å²) in [6.45, 7) is 2.10. The lowest BCUT2D eigenvalue weighted by molar-refractivity contribution is 0.647. The predicted octanol–water partition coefficient (Wildman–Crippen LogP) is 3.80. The van der Waals surface area contributed by atoms with Gasteiger partial charge in [-0.2, -0.15) is 0 Å². The standard InChI is InChI=1S/C21H22NP/c1-16(22)21(17-10-4-2-5-11-17)19-14-8-9-15-20(19)23-18-12-6-3-7-13-18/h2-16,21,23H,22H2,1H3/t16-,21-/m0/s1. The molecule has 0 saturated heterocycles. The third-order valence-electron chi connectivity index (χ3n) is 4.03. The van der Waals surface area contributed by atoms with Gasteiger partial charge >= 0.3 is 0 Å². The van der Waals surface area contributed by atoms with Gasteiger partial charge in [0.25, 0.3) is 0 Å². The van der Waals surface area contributed by atoms with Crippen LogP contribution in [-0.4, -0.2) is 6.04 Å². The van der Waals surface area contributed by atoms with Crippen molar-refractivity contribution in [3.05, 3.63) is 96.1 Å². The molecule has 0 fully saturated rings. The first-order chi connectivity index (χ1) is 11.3. The van der Waals surface area contributed by atoms with Crippen molar-refractivity contribution >= 4 is 19.2 Å². The molecule has 0 aliphatic heterocycles. The molecule has 0 bridgehead atoms. The van der Waals surface area contributed by atoms with Crippen LogP contribution in [0.2, 0.25) is 0 Å². The smallest absolute Gasteiger partial charge is 0.0244 e. The van der Waals surface area contributed by atoms with Gasteiger partial charge in [0.1, 0.15) is 0 Å². The maximum absolute atomic E-state index is 6.37. The zero-order valence-corrected chi connectivity index (χ0v) is 14.3. The minimum absolute atomic E-state index is 0.0686. The van der Waals surface area contributed by atoms with Gasteiger partial charge in [0.05, 0.1) is 0 Å². The quantitative estimate of drug-likeness (QED) is 0.711. The summed E-state index contributed by atoms with van der Waals surface area (Å²) in [5.74, 6) is 0.226. The minimum Gasteiger partial charge on any atom is -0.327 e. The van der Waals surface area contributed by atoms with Gasteiger partial charge in [-0.25, -0.2) is 0 Å². The van der Waals surface area contributed by atoms with Crippen LogP contribution in [-0.2, 0) is 0 Å². The van der Waals surface area contributed by atoms with E-state index in [-0.39, 0.29) is 12.0 Å². The van der Waals surface area contributed by atoms with Crippen LogP contribution in [0.4, 0.5) is 0 Å². The molecule has 1 nitrogen and oxygen atoms in total. The van der Waals surface area contributed by atoms with E-state index in [1.807, 2.05) is 0 Å². The lowest BCUT2D eigenvalue weighted by Gasteiger charge is -2.24. The zero-order chi connectivity index (χ0) is 16.1. The zero-order valence-electron chi connectivity index (χ0n) is 13.3. The van der Waals surface area contributed by atoms with Crippen molar-refractivity contribution in [2.24, 2.45) is 5.73 Å². The fraction of sp³-hybridized carbons (Fsp3) is 0.143. The van der Waals surface area contributed by atoms with Crippen LogP contribution in [0.5, 0.6) is 0 Å². The Hall–Kier alpha value is -1.95. The van der Waals surface area contributed by atoms with Crippen molar-refractivity contribution < 1.29 is 0 Å². The maximum Gasteiger partial charge on any atom is 0.0244 e. The summed E-state index contributed by atoms with van der Waals surface area (Å²) in [7, 11) is 0.650. The Morgan fingerprint density at radius 1 is 0.739 bits per heavy atom. The van der Waals surface area contributed by atoms with Crippen molar-refractivity contribution in [2.45, 2.75) is 18.9 Å². The number of rotatable bonds is 5. The van der Waals surface area contributed by atoms with Crippen molar-refractivity contribution in [3.8, 4) is 0 Å². The molecule has 2 N–H and O–H groups in total. The molecule has 3 aromatic rings. The van der Waals surface area contributed by atoms with Gasteiger partial charge in [0.15, 0.2) is 0 Å². The van der Waals surface area contributed by atoms with Crippen LogP contribution < -0.4 is 16.3 Å². The molecule has 1 unspecified atom stereocenters. The van der Waals surface area contributed by atoms with Gasteiger partial charge in [-0.3, -0.25) is 0 Å². The summed E-state index contributed by atoms with van der Waals surface area (Å²) in [4.78, 5) is 0. The lowest BCUT2D eigenvalue weighted by Crippen LogP contribution is -2.29. The molecular weight excluding hydrogens is 297 g/mol. The molecule has 0 aliphatic carbocycles. The van der Waals surface area contributed by atoms with Crippen LogP contribution in [0, 0.1) is 0 Å². The van der Waals surface area contributed by atoms with Crippen LogP contribution in [0.3, 0.4) is 0 Å². The molecule has 0 saturated carbocycles. The van der Waals surface area contributed by atoms with Crippen LogP contribution in [0.25, 0.3) is 0 Å². The Labute approximate surface area is 140 Å². The Bertz CT molecular complexity index is 738. The summed E-state index contributed by atoms with van der Waals surface area (Å²) >= 11 is 0. The summed E-state index contributed by atoms with van der Waals surface area (Å²) in [6, 6.07) is 30.0. The highest BCUT2D eigenvalue weighted by molar-refractivity contribution is 7.55. The summed E-state index contributed by atoms with van der Waals surface area (Å²) in [5.41, 5.74) is 8.99. The van der Waals surface area contributed by atoms with Gasteiger partial charge in [0, 0.05) is 12.0 Å². The van der Waals surface area contributed by atoms with Crippen LogP contribution in [0.1, 0.15) is 24.0 Å². The highest BCUT2D eigenvalue weighted by Gasteiger charge is 2.21. The number of benzene rings is 3. The van der Waals surface area contributed by atoms with Gasteiger partial charge in [-0.1, -0.05) is 93.5 Å². The predicted molar refractivity (Wildman–Crippen MR) is 102 cm³/mol. The molecule has 2 heteroatoms. The maximum atomic E-state index is 6.37. The number of nitrogens with two attached hydrogens (primary N) is 1.